The monoisotopic (exact) mass is 566 g/mol. The number of phenols is 1. The van der Waals surface area contributed by atoms with E-state index in [1.165, 1.54) is 0 Å². The topological polar surface area (TPSA) is 153 Å². The Morgan fingerprint density at radius 2 is 1.07 bits per heavy atom. The number of hydrogen-bond acceptors (Lipinski definition) is 11. The molecule has 0 fully saturated rings. The lowest BCUT2D eigenvalue weighted by Crippen LogP contribution is -2.42. The zero-order valence-corrected chi connectivity index (χ0v) is 23.3. The van der Waals surface area contributed by atoms with Gasteiger partial charge in [-0.15, -0.1) is 0 Å². The van der Waals surface area contributed by atoms with Crippen molar-refractivity contribution >= 4 is 6.16 Å². The molecule has 11 nitrogen and oxygen atoms in total. The van der Waals surface area contributed by atoms with Gasteiger partial charge in [0.05, 0.1) is 78.1 Å². The van der Waals surface area contributed by atoms with Crippen LogP contribution < -0.4 is 4.74 Å². The van der Waals surface area contributed by atoms with Crippen LogP contribution in [-0.2, 0) is 29.1 Å². The maximum Gasteiger partial charge on any atom is 0.513 e. The summed E-state index contributed by atoms with van der Waals surface area (Å²) < 4.78 is 32.6. The van der Waals surface area contributed by atoms with Gasteiger partial charge in [-0.3, -0.25) is 0 Å². The first-order valence-corrected chi connectivity index (χ1v) is 13.1. The smallest absolute Gasteiger partial charge is 0.508 e. The summed E-state index contributed by atoms with van der Waals surface area (Å²) in [5, 5.41) is 36.7. The Labute approximate surface area is 235 Å². The summed E-state index contributed by atoms with van der Waals surface area (Å²) in [6, 6.07) is 14.2. The fourth-order valence-electron chi connectivity index (χ4n) is 3.89. The van der Waals surface area contributed by atoms with Gasteiger partial charge in [0.2, 0.25) is 0 Å². The van der Waals surface area contributed by atoms with Crippen LogP contribution in [0.1, 0.15) is 25.0 Å². The van der Waals surface area contributed by atoms with Crippen molar-refractivity contribution in [3.05, 3.63) is 59.7 Å². The molecule has 0 amide bonds. The summed E-state index contributed by atoms with van der Waals surface area (Å²) in [5.74, 6) is 0.538. The Hall–Kier alpha value is -2.77. The van der Waals surface area contributed by atoms with E-state index in [1.54, 1.807) is 24.3 Å². The van der Waals surface area contributed by atoms with E-state index in [1.807, 2.05) is 24.3 Å². The summed E-state index contributed by atoms with van der Waals surface area (Å²) in [5.41, 5.74) is 0.941. The van der Waals surface area contributed by atoms with Gasteiger partial charge >= 0.3 is 6.16 Å². The first-order valence-electron chi connectivity index (χ1n) is 13.1. The van der Waals surface area contributed by atoms with Crippen molar-refractivity contribution in [2.45, 2.75) is 19.3 Å². The summed E-state index contributed by atoms with van der Waals surface area (Å²) in [6.07, 6.45) is -0.871. The SMILES string of the molecule is CC(C)(c1ccc(O)cc1)c1ccc(OC(=O)OCCOCC(COCCO)(COCCO)COCCO)cc1. The quantitative estimate of drug-likeness (QED) is 0.106. The fourth-order valence-corrected chi connectivity index (χ4v) is 3.89. The zero-order valence-electron chi connectivity index (χ0n) is 23.3. The Bertz CT molecular complexity index is 934. The minimum atomic E-state index is -0.871. The summed E-state index contributed by atoms with van der Waals surface area (Å²) >= 11 is 0. The van der Waals surface area contributed by atoms with E-state index in [2.05, 4.69) is 13.8 Å². The van der Waals surface area contributed by atoms with E-state index in [4.69, 9.17) is 43.7 Å². The van der Waals surface area contributed by atoms with Crippen LogP contribution in [0.15, 0.2) is 48.5 Å². The molecule has 2 aromatic carbocycles. The molecule has 0 aliphatic carbocycles. The lowest BCUT2D eigenvalue weighted by Gasteiger charge is -2.32. The van der Waals surface area contributed by atoms with Crippen LogP contribution in [0.2, 0.25) is 0 Å². The summed E-state index contributed by atoms with van der Waals surface area (Å²) in [7, 11) is 0. The first kappa shape index (κ1) is 33.4. The van der Waals surface area contributed by atoms with Gasteiger partial charge in [0.1, 0.15) is 18.1 Å². The Morgan fingerprint density at radius 3 is 1.52 bits per heavy atom. The molecule has 0 saturated carbocycles. The highest BCUT2D eigenvalue weighted by atomic mass is 16.7. The predicted molar refractivity (Wildman–Crippen MR) is 146 cm³/mol. The van der Waals surface area contributed by atoms with Crippen LogP contribution in [0.3, 0.4) is 0 Å². The van der Waals surface area contributed by atoms with E-state index in [0.29, 0.717) is 5.75 Å². The number of benzene rings is 2. The molecule has 0 unspecified atom stereocenters. The van der Waals surface area contributed by atoms with Crippen molar-refractivity contribution in [3.63, 3.8) is 0 Å². The molecule has 4 N–H and O–H groups in total. The van der Waals surface area contributed by atoms with Crippen molar-refractivity contribution < 1.29 is 53.6 Å². The van der Waals surface area contributed by atoms with Crippen LogP contribution >= 0.6 is 0 Å². The third-order valence-corrected chi connectivity index (χ3v) is 6.15. The molecule has 0 radical (unpaired) electrons. The van der Waals surface area contributed by atoms with Gasteiger partial charge in [0.25, 0.3) is 0 Å². The first-order chi connectivity index (χ1) is 19.3. The van der Waals surface area contributed by atoms with E-state index in [-0.39, 0.29) is 90.4 Å². The molecule has 0 bridgehead atoms. The standard InChI is InChI=1S/C29H42O11/c1-28(2,23-3-7-25(33)8-4-23)24-5-9-26(10-6-24)40-27(34)39-18-17-38-22-29(19-35-14-11-30,20-36-15-12-31)21-37-16-13-32/h3-10,30-33H,11-22H2,1-2H3. The van der Waals surface area contributed by atoms with E-state index in [9.17, 15) is 9.90 Å². The molecule has 0 aliphatic rings. The Morgan fingerprint density at radius 1 is 0.650 bits per heavy atom. The molecule has 11 heteroatoms. The maximum atomic E-state index is 12.2. The highest BCUT2D eigenvalue weighted by molar-refractivity contribution is 5.63. The number of ether oxygens (including phenoxy) is 6. The van der Waals surface area contributed by atoms with Crippen molar-refractivity contribution in [1.29, 1.82) is 0 Å². The normalized spacial score (nSPS) is 11.9. The fraction of sp³-hybridized carbons (Fsp3) is 0.552. The van der Waals surface area contributed by atoms with Gasteiger partial charge in [0.15, 0.2) is 0 Å². The van der Waals surface area contributed by atoms with Gasteiger partial charge in [-0.2, -0.15) is 0 Å². The predicted octanol–water partition coefficient (Wildman–Crippen LogP) is 2.26. The third kappa shape index (κ3) is 11.4. The van der Waals surface area contributed by atoms with E-state index in [0.717, 1.165) is 11.1 Å². The van der Waals surface area contributed by atoms with Crippen LogP contribution in [0.5, 0.6) is 11.5 Å². The molecule has 0 saturated heterocycles. The molecule has 2 rings (SSSR count). The lowest BCUT2D eigenvalue weighted by atomic mass is 9.78. The molecular weight excluding hydrogens is 524 g/mol. The number of carbonyl (C=O) groups is 1. The number of rotatable bonds is 20. The van der Waals surface area contributed by atoms with E-state index < -0.39 is 11.6 Å². The second-order valence-corrected chi connectivity index (χ2v) is 9.78. The van der Waals surface area contributed by atoms with Crippen molar-refractivity contribution in [1.82, 2.24) is 0 Å². The van der Waals surface area contributed by atoms with Crippen LogP contribution in [0, 0.1) is 5.41 Å². The third-order valence-electron chi connectivity index (χ3n) is 6.15. The molecule has 2 aromatic rings. The maximum absolute atomic E-state index is 12.2. The van der Waals surface area contributed by atoms with Crippen LogP contribution in [0.4, 0.5) is 4.79 Å². The second-order valence-electron chi connectivity index (χ2n) is 9.78. The van der Waals surface area contributed by atoms with Crippen molar-refractivity contribution in [2.75, 3.05) is 79.3 Å². The van der Waals surface area contributed by atoms with Gasteiger partial charge in [-0.05, 0) is 35.4 Å². The molecule has 0 heterocycles. The van der Waals surface area contributed by atoms with Crippen LogP contribution in [-0.4, -0.2) is 106 Å². The Kier molecular flexibility index (Phi) is 14.9. The van der Waals surface area contributed by atoms with Gasteiger partial charge in [-0.25, -0.2) is 4.79 Å². The van der Waals surface area contributed by atoms with Crippen molar-refractivity contribution in [3.8, 4) is 11.5 Å². The number of aromatic hydroxyl groups is 1. The largest absolute Gasteiger partial charge is 0.513 e. The van der Waals surface area contributed by atoms with Gasteiger partial charge < -0.3 is 48.8 Å². The highest BCUT2D eigenvalue weighted by Crippen LogP contribution is 2.33. The number of phenolic OH excluding ortho intramolecular Hbond substituents is 1. The summed E-state index contributed by atoms with van der Waals surface area (Å²) in [6.45, 7) is 4.58. The average Bonchev–Trinajstić information content (AvgIpc) is 2.94. The molecule has 0 spiro atoms. The minimum Gasteiger partial charge on any atom is -0.508 e. The number of aliphatic hydroxyl groups excluding tert-OH is 3. The zero-order chi connectivity index (χ0) is 29.3. The molecule has 0 aromatic heterocycles. The number of hydrogen-bond donors (Lipinski definition) is 4. The molecule has 40 heavy (non-hydrogen) atoms. The lowest BCUT2D eigenvalue weighted by molar-refractivity contribution is -0.116. The number of aliphatic hydroxyl groups is 3. The van der Waals surface area contributed by atoms with Gasteiger partial charge in [-0.1, -0.05) is 38.1 Å². The summed E-state index contributed by atoms with van der Waals surface area (Å²) in [4.78, 5) is 12.2. The molecule has 0 atom stereocenters. The van der Waals surface area contributed by atoms with Crippen LogP contribution in [0.25, 0.3) is 0 Å². The molecule has 224 valence electrons. The number of carbonyl (C=O) groups excluding carboxylic acids is 1. The average molecular weight is 567 g/mol. The minimum absolute atomic E-state index is 0.0621. The van der Waals surface area contributed by atoms with Crippen molar-refractivity contribution in [2.24, 2.45) is 5.41 Å². The van der Waals surface area contributed by atoms with E-state index >= 15 is 0 Å². The Balaban J connectivity index is 1.84. The second kappa shape index (κ2) is 17.8. The molecular formula is C29H42O11. The van der Waals surface area contributed by atoms with Gasteiger partial charge in [0, 0.05) is 5.41 Å². The highest BCUT2D eigenvalue weighted by Gasteiger charge is 2.32. The molecule has 0 aliphatic heterocycles.